The third-order valence-corrected chi connectivity index (χ3v) is 4.73. The monoisotopic (exact) mass is 323 g/mol. The van der Waals surface area contributed by atoms with E-state index in [1.54, 1.807) is 0 Å². The van der Waals surface area contributed by atoms with Crippen molar-refractivity contribution in [2.75, 3.05) is 39.5 Å². The Balaban J connectivity index is 1.57. The highest BCUT2D eigenvalue weighted by Gasteiger charge is 2.23. The van der Waals surface area contributed by atoms with E-state index in [0.717, 1.165) is 69.0 Å². The van der Waals surface area contributed by atoms with E-state index in [1.807, 2.05) is 6.07 Å². The number of hydrogen-bond donors (Lipinski definition) is 0. The van der Waals surface area contributed by atoms with Crippen molar-refractivity contribution in [1.82, 2.24) is 4.90 Å². The number of morpholine rings is 1. The van der Waals surface area contributed by atoms with Crippen molar-refractivity contribution >= 4 is 11.6 Å². The van der Waals surface area contributed by atoms with Gasteiger partial charge in [0.2, 0.25) is 0 Å². The number of benzene rings is 1. The average Bonchev–Trinajstić information content (AvgIpc) is 3.31. The van der Waals surface area contributed by atoms with E-state index >= 15 is 0 Å². The third kappa shape index (κ3) is 4.61. The van der Waals surface area contributed by atoms with Crippen LogP contribution in [0.15, 0.2) is 12.1 Å². The predicted octanol–water partition coefficient (Wildman–Crippen LogP) is 3.70. The van der Waals surface area contributed by atoms with E-state index in [0.29, 0.717) is 0 Å². The highest BCUT2D eigenvalue weighted by atomic mass is 35.5. The molecular weight excluding hydrogens is 298 g/mol. The summed E-state index contributed by atoms with van der Waals surface area (Å²) in [6, 6.07) is 4.24. The van der Waals surface area contributed by atoms with Crippen molar-refractivity contribution in [3.05, 3.63) is 28.3 Å². The van der Waals surface area contributed by atoms with Gasteiger partial charge in [-0.25, -0.2) is 0 Å². The summed E-state index contributed by atoms with van der Waals surface area (Å²) in [5, 5.41) is 0.766. The molecule has 1 aliphatic heterocycles. The maximum absolute atomic E-state index is 6.41. The molecule has 2 fully saturated rings. The van der Waals surface area contributed by atoms with Gasteiger partial charge in [-0.1, -0.05) is 17.7 Å². The number of hydrogen-bond acceptors (Lipinski definition) is 3. The van der Waals surface area contributed by atoms with Crippen molar-refractivity contribution in [2.24, 2.45) is 5.92 Å². The SMILES string of the molecule is Cc1cc(Cl)c(OCC2CC2)c(CCCN2CCOCC2)c1. The molecule has 3 rings (SSSR count). The summed E-state index contributed by atoms with van der Waals surface area (Å²) in [7, 11) is 0. The van der Waals surface area contributed by atoms with Crippen LogP contribution in [0.3, 0.4) is 0 Å². The summed E-state index contributed by atoms with van der Waals surface area (Å²) >= 11 is 6.41. The maximum Gasteiger partial charge on any atom is 0.141 e. The van der Waals surface area contributed by atoms with Gasteiger partial charge in [0.05, 0.1) is 24.8 Å². The van der Waals surface area contributed by atoms with Crippen LogP contribution in [0.4, 0.5) is 0 Å². The van der Waals surface area contributed by atoms with Gasteiger partial charge in [0, 0.05) is 13.1 Å². The summed E-state index contributed by atoms with van der Waals surface area (Å²) in [4.78, 5) is 2.48. The zero-order valence-corrected chi connectivity index (χ0v) is 14.2. The Labute approximate surface area is 138 Å². The third-order valence-electron chi connectivity index (χ3n) is 4.45. The van der Waals surface area contributed by atoms with Gasteiger partial charge in [-0.2, -0.15) is 0 Å². The second-order valence-electron chi connectivity index (χ2n) is 6.55. The lowest BCUT2D eigenvalue weighted by Crippen LogP contribution is -2.36. The van der Waals surface area contributed by atoms with Crippen molar-refractivity contribution in [2.45, 2.75) is 32.6 Å². The molecular formula is C18H26ClNO2. The number of aryl methyl sites for hydroxylation is 2. The minimum atomic E-state index is 0.749. The molecule has 122 valence electrons. The van der Waals surface area contributed by atoms with E-state index in [9.17, 15) is 0 Å². The molecule has 22 heavy (non-hydrogen) atoms. The Kier molecular flexibility index (Phi) is 5.61. The highest BCUT2D eigenvalue weighted by Crippen LogP contribution is 2.35. The van der Waals surface area contributed by atoms with Gasteiger partial charge in [0.1, 0.15) is 5.75 Å². The fourth-order valence-corrected chi connectivity index (χ4v) is 3.30. The highest BCUT2D eigenvalue weighted by molar-refractivity contribution is 6.32. The van der Waals surface area contributed by atoms with Crippen LogP contribution >= 0.6 is 11.6 Å². The molecule has 1 saturated carbocycles. The molecule has 0 aromatic heterocycles. The smallest absolute Gasteiger partial charge is 0.141 e. The summed E-state index contributed by atoms with van der Waals surface area (Å²) in [6.07, 6.45) is 4.77. The lowest BCUT2D eigenvalue weighted by atomic mass is 10.1. The molecule has 0 unspecified atom stereocenters. The van der Waals surface area contributed by atoms with E-state index in [-0.39, 0.29) is 0 Å². The molecule has 1 aromatic carbocycles. The van der Waals surface area contributed by atoms with Crippen LogP contribution in [-0.2, 0) is 11.2 Å². The summed E-state index contributed by atoms with van der Waals surface area (Å²) in [5.74, 6) is 1.67. The van der Waals surface area contributed by atoms with Crippen molar-refractivity contribution in [3.63, 3.8) is 0 Å². The molecule has 0 radical (unpaired) electrons. The summed E-state index contributed by atoms with van der Waals surface area (Å²) < 4.78 is 11.4. The molecule has 0 spiro atoms. The molecule has 0 amide bonds. The predicted molar refractivity (Wildman–Crippen MR) is 90.0 cm³/mol. The lowest BCUT2D eigenvalue weighted by molar-refractivity contribution is 0.0374. The number of ether oxygens (including phenoxy) is 2. The second kappa shape index (κ2) is 7.67. The van der Waals surface area contributed by atoms with Crippen molar-refractivity contribution < 1.29 is 9.47 Å². The van der Waals surface area contributed by atoms with E-state index in [1.165, 1.54) is 24.0 Å². The molecule has 4 heteroatoms. The minimum Gasteiger partial charge on any atom is -0.491 e. The normalized spacial score (nSPS) is 19.4. The molecule has 2 aliphatic rings. The van der Waals surface area contributed by atoms with Crippen LogP contribution < -0.4 is 4.74 Å². The van der Waals surface area contributed by atoms with Gasteiger partial charge in [-0.3, -0.25) is 4.90 Å². The Morgan fingerprint density at radius 3 is 2.77 bits per heavy atom. The summed E-state index contributed by atoms with van der Waals surface area (Å²) in [5.41, 5.74) is 2.48. The lowest BCUT2D eigenvalue weighted by Gasteiger charge is -2.26. The van der Waals surface area contributed by atoms with Crippen LogP contribution in [0.1, 0.15) is 30.4 Å². The molecule has 1 aromatic rings. The first-order valence-electron chi connectivity index (χ1n) is 8.44. The fraction of sp³-hybridized carbons (Fsp3) is 0.667. The number of halogens is 1. The Hall–Kier alpha value is -0.770. The van der Waals surface area contributed by atoms with Gasteiger partial charge in [0.25, 0.3) is 0 Å². The van der Waals surface area contributed by atoms with E-state index in [2.05, 4.69) is 17.9 Å². The molecule has 1 saturated heterocycles. The van der Waals surface area contributed by atoms with E-state index in [4.69, 9.17) is 21.1 Å². The molecule has 1 heterocycles. The first kappa shape index (κ1) is 16.1. The second-order valence-corrected chi connectivity index (χ2v) is 6.95. The first-order chi connectivity index (χ1) is 10.7. The van der Waals surface area contributed by atoms with Crippen LogP contribution in [0.25, 0.3) is 0 Å². The van der Waals surface area contributed by atoms with Crippen molar-refractivity contribution in [3.8, 4) is 5.75 Å². The Morgan fingerprint density at radius 1 is 1.27 bits per heavy atom. The van der Waals surface area contributed by atoms with Gasteiger partial charge >= 0.3 is 0 Å². The topological polar surface area (TPSA) is 21.7 Å². The molecule has 0 bridgehead atoms. The maximum atomic E-state index is 6.41. The largest absolute Gasteiger partial charge is 0.491 e. The standard InChI is InChI=1S/C18H26ClNO2/c1-14-11-16(3-2-6-20-7-9-21-10-8-20)18(17(19)12-14)22-13-15-4-5-15/h11-12,15H,2-10,13H2,1H3. The Morgan fingerprint density at radius 2 is 2.05 bits per heavy atom. The number of rotatable bonds is 7. The van der Waals surface area contributed by atoms with Crippen LogP contribution in [0.5, 0.6) is 5.75 Å². The minimum absolute atomic E-state index is 0.749. The first-order valence-corrected chi connectivity index (χ1v) is 8.82. The van der Waals surface area contributed by atoms with Crippen molar-refractivity contribution in [1.29, 1.82) is 0 Å². The molecule has 0 atom stereocenters. The van der Waals surface area contributed by atoms with E-state index < -0.39 is 0 Å². The quantitative estimate of drug-likeness (QED) is 0.763. The van der Waals surface area contributed by atoms with Gasteiger partial charge in [0.15, 0.2) is 0 Å². The van der Waals surface area contributed by atoms with Gasteiger partial charge in [-0.15, -0.1) is 0 Å². The average molecular weight is 324 g/mol. The molecule has 3 nitrogen and oxygen atoms in total. The molecule has 1 aliphatic carbocycles. The fourth-order valence-electron chi connectivity index (χ4n) is 2.95. The van der Waals surface area contributed by atoms with Gasteiger partial charge in [-0.05, 0) is 62.3 Å². The van der Waals surface area contributed by atoms with Crippen LogP contribution in [0.2, 0.25) is 5.02 Å². The zero-order chi connectivity index (χ0) is 15.4. The Bertz CT molecular complexity index is 496. The number of nitrogens with zero attached hydrogens (tertiary/aromatic N) is 1. The van der Waals surface area contributed by atoms with Crippen LogP contribution in [-0.4, -0.2) is 44.4 Å². The van der Waals surface area contributed by atoms with Crippen LogP contribution in [0, 0.1) is 12.8 Å². The summed E-state index contributed by atoms with van der Waals surface area (Å²) in [6.45, 7) is 7.88. The molecule has 0 N–H and O–H groups in total. The zero-order valence-electron chi connectivity index (χ0n) is 13.4. The van der Waals surface area contributed by atoms with Gasteiger partial charge < -0.3 is 9.47 Å².